The molecule has 1 unspecified atom stereocenters. The van der Waals surface area contributed by atoms with Crippen LogP contribution in [0.15, 0.2) is 0 Å². The molecule has 1 atom stereocenters. The van der Waals surface area contributed by atoms with E-state index in [1.807, 2.05) is 0 Å². The maximum absolute atomic E-state index is 5.33. The van der Waals surface area contributed by atoms with Gasteiger partial charge < -0.3 is 19.7 Å². The molecule has 96 valence electrons. The summed E-state index contributed by atoms with van der Waals surface area (Å²) in [5.74, 6) is 0. The van der Waals surface area contributed by atoms with Gasteiger partial charge >= 0.3 is 0 Å². The second kappa shape index (κ2) is 8.01. The number of nitrogens with one attached hydrogen (secondary N) is 1. The van der Waals surface area contributed by atoms with Crippen LogP contribution in [0.3, 0.4) is 0 Å². The molecule has 0 spiro atoms. The number of methoxy groups -OCH3 is 2. The zero-order valence-electron chi connectivity index (χ0n) is 10.9. The zero-order valence-corrected chi connectivity index (χ0v) is 10.9. The van der Waals surface area contributed by atoms with E-state index in [9.17, 15) is 0 Å². The molecule has 1 N–H and O–H groups in total. The highest BCUT2D eigenvalue weighted by molar-refractivity contribution is 4.77. The number of piperidine rings is 1. The van der Waals surface area contributed by atoms with Crippen molar-refractivity contribution >= 4 is 0 Å². The molecule has 4 heteroatoms. The average Bonchev–Trinajstić information content (AvgIpc) is 2.35. The van der Waals surface area contributed by atoms with Crippen LogP contribution < -0.4 is 5.32 Å². The third kappa shape index (κ3) is 4.78. The Morgan fingerprint density at radius 2 is 2.00 bits per heavy atom. The van der Waals surface area contributed by atoms with E-state index in [0.717, 1.165) is 6.54 Å². The van der Waals surface area contributed by atoms with E-state index in [4.69, 9.17) is 9.47 Å². The second-order valence-corrected chi connectivity index (χ2v) is 4.43. The minimum atomic E-state index is 0.175. The van der Waals surface area contributed by atoms with E-state index in [1.165, 1.54) is 32.5 Å². The van der Waals surface area contributed by atoms with E-state index in [2.05, 4.69) is 17.1 Å². The Balaban J connectivity index is 2.13. The van der Waals surface area contributed by atoms with Crippen molar-refractivity contribution in [1.29, 1.82) is 0 Å². The van der Waals surface area contributed by atoms with Gasteiger partial charge in [0.1, 0.15) is 0 Å². The van der Waals surface area contributed by atoms with Crippen molar-refractivity contribution in [3.63, 3.8) is 0 Å². The monoisotopic (exact) mass is 230 g/mol. The maximum atomic E-state index is 5.33. The predicted octanol–water partition coefficient (Wildman–Crippen LogP) is 0.722. The van der Waals surface area contributed by atoms with Gasteiger partial charge in [0.15, 0.2) is 0 Å². The van der Waals surface area contributed by atoms with Crippen molar-refractivity contribution in [2.75, 3.05) is 47.0 Å². The van der Waals surface area contributed by atoms with Crippen molar-refractivity contribution in [2.24, 2.45) is 0 Å². The van der Waals surface area contributed by atoms with Gasteiger partial charge in [0, 0.05) is 26.8 Å². The molecule has 0 saturated carbocycles. The molecule has 1 heterocycles. The summed E-state index contributed by atoms with van der Waals surface area (Å²) < 4.78 is 10.4. The highest BCUT2D eigenvalue weighted by Crippen LogP contribution is 2.09. The lowest BCUT2D eigenvalue weighted by Crippen LogP contribution is -2.45. The Kier molecular flexibility index (Phi) is 6.96. The average molecular weight is 230 g/mol. The van der Waals surface area contributed by atoms with Crippen LogP contribution in [-0.4, -0.2) is 64.1 Å². The third-order valence-corrected chi connectivity index (χ3v) is 3.35. The number of hydrogen-bond acceptors (Lipinski definition) is 4. The van der Waals surface area contributed by atoms with Crippen LogP contribution >= 0.6 is 0 Å². The summed E-state index contributed by atoms with van der Waals surface area (Å²) in [6, 6.07) is 0.650. The van der Waals surface area contributed by atoms with Crippen LogP contribution in [0.2, 0.25) is 0 Å². The normalized spacial score (nSPS) is 21.2. The first-order valence-corrected chi connectivity index (χ1v) is 6.27. The SMILES string of the molecule is CCN1CCC(NCC(COC)OC)CC1. The number of ether oxygens (including phenoxy) is 2. The Bertz CT molecular complexity index is 170. The van der Waals surface area contributed by atoms with Crippen molar-refractivity contribution in [1.82, 2.24) is 10.2 Å². The molecule has 0 aromatic rings. The van der Waals surface area contributed by atoms with Crippen molar-refractivity contribution in [3.8, 4) is 0 Å². The van der Waals surface area contributed by atoms with Gasteiger partial charge in [-0.3, -0.25) is 0 Å². The lowest BCUT2D eigenvalue weighted by molar-refractivity contribution is 0.0258. The Hall–Kier alpha value is -0.160. The van der Waals surface area contributed by atoms with Crippen LogP contribution in [-0.2, 0) is 9.47 Å². The lowest BCUT2D eigenvalue weighted by atomic mass is 10.1. The Morgan fingerprint density at radius 1 is 1.31 bits per heavy atom. The van der Waals surface area contributed by atoms with Gasteiger partial charge in [0.05, 0.1) is 12.7 Å². The van der Waals surface area contributed by atoms with Crippen LogP contribution in [0.5, 0.6) is 0 Å². The quantitative estimate of drug-likeness (QED) is 0.699. The fraction of sp³-hybridized carbons (Fsp3) is 1.00. The molecule has 0 aliphatic carbocycles. The number of likely N-dealkylation sites (tertiary alicyclic amines) is 1. The minimum Gasteiger partial charge on any atom is -0.382 e. The van der Waals surface area contributed by atoms with Gasteiger partial charge in [0.2, 0.25) is 0 Å². The second-order valence-electron chi connectivity index (χ2n) is 4.43. The van der Waals surface area contributed by atoms with Gasteiger partial charge in [0.25, 0.3) is 0 Å². The molecule has 16 heavy (non-hydrogen) atoms. The fourth-order valence-electron chi connectivity index (χ4n) is 2.15. The molecule has 1 fully saturated rings. The summed E-state index contributed by atoms with van der Waals surface area (Å²) in [6.45, 7) is 7.40. The molecule has 1 aliphatic heterocycles. The van der Waals surface area contributed by atoms with Gasteiger partial charge in [-0.2, -0.15) is 0 Å². The maximum Gasteiger partial charge on any atom is 0.0928 e. The van der Waals surface area contributed by atoms with E-state index in [1.54, 1.807) is 14.2 Å². The van der Waals surface area contributed by atoms with Crippen LogP contribution in [0, 0.1) is 0 Å². The van der Waals surface area contributed by atoms with Gasteiger partial charge in [-0.25, -0.2) is 0 Å². The topological polar surface area (TPSA) is 33.7 Å². The molecular formula is C12H26N2O2. The Labute approximate surface area is 99.3 Å². The predicted molar refractivity (Wildman–Crippen MR) is 65.8 cm³/mol. The number of rotatable bonds is 7. The summed E-state index contributed by atoms with van der Waals surface area (Å²) in [5, 5.41) is 3.57. The van der Waals surface area contributed by atoms with Gasteiger partial charge in [-0.1, -0.05) is 6.92 Å². The molecule has 0 bridgehead atoms. The van der Waals surface area contributed by atoms with E-state index < -0.39 is 0 Å². The van der Waals surface area contributed by atoms with E-state index in [0.29, 0.717) is 12.6 Å². The summed E-state index contributed by atoms with van der Waals surface area (Å²) in [6.07, 6.45) is 2.67. The Morgan fingerprint density at radius 3 is 2.50 bits per heavy atom. The molecule has 0 amide bonds. The summed E-state index contributed by atoms with van der Waals surface area (Å²) in [7, 11) is 3.46. The number of nitrogens with zero attached hydrogens (tertiary/aromatic N) is 1. The third-order valence-electron chi connectivity index (χ3n) is 3.35. The first-order valence-electron chi connectivity index (χ1n) is 6.27. The molecule has 1 saturated heterocycles. The first kappa shape index (κ1) is 13.9. The fourth-order valence-corrected chi connectivity index (χ4v) is 2.15. The van der Waals surface area contributed by atoms with E-state index >= 15 is 0 Å². The van der Waals surface area contributed by atoms with Crippen LogP contribution in [0.25, 0.3) is 0 Å². The molecule has 0 aromatic carbocycles. The molecule has 1 rings (SSSR count). The summed E-state index contributed by atoms with van der Waals surface area (Å²) >= 11 is 0. The standard InChI is InChI=1S/C12H26N2O2/c1-4-14-7-5-11(6-8-14)13-9-12(16-3)10-15-2/h11-13H,4-10H2,1-3H3. The highest BCUT2D eigenvalue weighted by Gasteiger charge is 2.18. The summed E-state index contributed by atoms with van der Waals surface area (Å²) in [5.41, 5.74) is 0. The molecule has 0 radical (unpaired) electrons. The van der Waals surface area contributed by atoms with Gasteiger partial charge in [-0.15, -0.1) is 0 Å². The van der Waals surface area contributed by atoms with Crippen molar-refractivity contribution in [3.05, 3.63) is 0 Å². The highest BCUT2D eigenvalue weighted by atomic mass is 16.5. The first-order chi connectivity index (χ1) is 7.80. The summed E-state index contributed by atoms with van der Waals surface area (Å²) in [4.78, 5) is 2.50. The largest absolute Gasteiger partial charge is 0.382 e. The van der Waals surface area contributed by atoms with Crippen LogP contribution in [0.4, 0.5) is 0 Å². The molecular weight excluding hydrogens is 204 g/mol. The molecule has 1 aliphatic rings. The number of hydrogen-bond donors (Lipinski definition) is 1. The van der Waals surface area contributed by atoms with Crippen LogP contribution in [0.1, 0.15) is 19.8 Å². The zero-order chi connectivity index (χ0) is 11.8. The van der Waals surface area contributed by atoms with Crippen molar-refractivity contribution < 1.29 is 9.47 Å². The minimum absolute atomic E-state index is 0.175. The smallest absolute Gasteiger partial charge is 0.0928 e. The van der Waals surface area contributed by atoms with Crippen molar-refractivity contribution in [2.45, 2.75) is 31.9 Å². The lowest BCUT2D eigenvalue weighted by Gasteiger charge is -2.32. The van der Waals surface area contributed by atoms with Gasteiger partial charge in [-0.05, 0) is 32.5 Å². The van der Waals surface area contributed by atoms with E-state index in [-0.39, 0.29) is 6.10 Å². The molecule has 4 nitrogen and oxygen atoms in total. The molecule has 0 aromatic heterocycles.